The average molecular weight is 215 g/mol. The van der Waals surface area contributed by atoms with Gasteiger partial charge in [0.2, 0.25) is 0 Å². The fraction of sp³-hybridized carbons (Fsp3) is 0.909. The summed E-state index contributed by atoms with van der Waals surface area (Å²) in [5.74, 6) is -0.769. The molecule has 4 heteroatoms. The Labute approximate surface area is 91.2 Å². The summed E-state index contributed by atoms with van der Waals surface area (Å²) in [6, 6.07) is 0. The lowest BCUT2D eigenvalue weighted by Gasteiger charge is -2.24. The molecule has 1 rings (SSSR count). The quantitative estimate of drug-likeness (QED) is 0.752. The maximum absolute atomic E-state index is 10.6. The number of carboxylic acid groups (broad SMARTS) is 1. The lowest BCUT2D eigenvalue weighted by Crippen LogP contribution is -2.37. The summed E-state index contributed by atoms with van der Waals surface area (Å²) in [6.07, 6.45) is 2.28. The molecule has 88 valence electrons. The van der Waals surface area contributed by atoms with Gasteiger partial charge < -0.3 is 9.84 Å². The van der Waals surface area contributed by atoms with Crippen LogP contribution in [0.15, 0.2) is 0 Å². The molecule has 1 heterocycles. The van der Waals surface area contributed by atoms with Crippen molar-refractivity contribution in [3.05, 3.63) is 0 Å². The largest absolute Gasteiger partial charge is 0.480 e. The van der Waals surface area contributed by atoms with Crippen LogP contribution in [0.2, 0.25) is 0 Å². The molecule has 0 aromatic rings. The van der Waals surface area contributed by atoms with Gasteiger partial charge in [-0.05, 0) is 33.2 Å². The third kappa shape index (κ3) is 4.18. The highest BCUT2D eigenvalue weighted by Crippen LogP contribution is 2.29. The van der Waals surface area contributed by atoms with Gasteiger partial charge >= 0.3 is 5.97 Å². The van der Waals surface area contributed by atoms with E-state index in [0.717, 1.165) is 25.9 Å². The molecule has 0 radical (unpaired) electrons. The predicted octanol–water partition coefficient (Wildman–Crippen LogP) is 1.35. The summed E-state index contributed by atoms with van der Waals surface area (Å²) < 4.78 is 5.83. The first-order valence-corrected chi connectivity index (χ1v) is 5.55. The third-order valence-electron chi connectivity index (χ3n) is 2.82. The summed E-state index contributed by atoms with van der Waals surface area (Å²) in [4.78, 5) is 12.5. The molecular formula is C11H21NO3. The topological polar surface area (TPSA) is 49.8 Å². The molecule has 1 aliphatic rings. The van der Waals surface area contributed by atoms with Crippen molar-refractivity contribution in [2.45, 2.75) is 45.3 Å². The minimum absolute atomic E-state index is 0.0344. The van der Waals surface area contributed by atoms with Crippen LogP contribution < -0.4 is 0 Å². The summed E-state index contributed by atoms with van der Waals surface area (Å²) in [7, 11) is 0. The first kappa shape index (κ1) is 12.5. The maximum Gasteiger partial charge on any atom is 0.317 e. The fourth-order valence-corrected chi connectivity index (χ4v) is 1.99. The third-order valence-corrected chi connectivity index (χ3v) is 2.82. The molecule has 1 aliphatic heterocycles. The second kappa shape index (κ2) is 4.94. The van der Waals surface area contributed by atoms with Crippen molar-refractivity contribution in [1.82, 2.24) is 4.90 Å². The number of ether oxygens (including phenoxy) is 1. The first-order valence-electron chi connectivity index (χ1n) is 5.55. The Hall–Kier alpha value is -0.610. The number of carboxylic acids is 1. The molecular weight excluding hydrogens is 194 g/mol. The fourth-order valence-electron chi connectivity index (χ4n) is 1.99. The van der Waals surface area contributed by atoms with Gasteiger partial charge in [-0.15, -0.1) is 0 Å². The SMILES string of the molecule is CCN(CC(=O)O)CC1CCC(C)(C)O1. The molecule has 15 heavy (non-hydrogen) atoms. The molecule has 0 amide bonds. The van der Waals surface area contributed by atoms with Crippen molar-refractivity contribution < 1.29 is 14.6 Å². The molecule has 0 aromatic heterocycles. The zero-order valence-electron chi connectivity index (χ0n) is 9.82. The minimum atomic E-state index is -0.769. The van der Waals surface area contributed by atoms with Crippen LogP contribution >= 0.6 is 0 Å². The standard InChI is InChI=1S/C11H21NO3/c1-4-12(8-10(13)14)7-9-5-6-11(2,3)15-9/h9H,4-8H2,1-3H3,(H,13,14). The highest BCUT2D eigenvalue weighted by molar-refractivity contribution is 5.69. The zero-order chi connectivity index (χ0) is 11.5. The van der Waals surface area contributed by atoms with Crippen molar-refractivity contribution in [1.29, 1.82) is 0 Å². The Morgan fingerprint density at radius 2 is 2.27 bits per heavy atom. The lowest BCUT2D eigenvalue weighted by atomic mass is 10.1. The zero-order valence-corrected chi connectivity index (χ0v) is 9.82. The molecule has 0 bridgehead atoms. The van der Waals surface area contributed by atoms with Gasteiger partial charge in [-0.3, -0.25) is 9.69 Å². The van der Waals surface area contributed by atoms with Crippen LogP contribution in [0.5, 0.6) is 0 Å². The van der Waals surface area contributed by atoms with E-state index in [-0.39, 0.29) is 18.2 Å². The summed E-state index contributed by atoms with van der Waals surface area (Å²) >= 11 is 0. The molecule has 0 spiro atoms. The van der Waals surface area contributed by atoms with Crippen molar-refractivity contribution in [3.63, 3.8) is 0 Å². The molecule has 0 aliphatic carbocycles. The molecule has 0 saturated carbocycles. The van der Waals surface area contributed by atoms with Crippen LogP contribution in [0.4, 0.5) is 0 Å². The normalized spacial score (nSPS) is 24.7. The van der Waals surface area contributed by atoms with E-state index < -0.39 is 5.97 Å². The second-order valence-corrected chi connectivity index (χ2v) is 4.76. The molecule has 1 saturated heterocycles. The van der Waals surface area contributed by atoms with Gasteiger partial charge in [-0.25, -0.2) is 0 Å². The van der Waals surface area contributed by atoms with Crippen LogP contribution in [0.1, 0.15) is 33.6 Å². The van der Waals surface area contributed by atoms with Gasteiger partial charge in [0.25, 0.3) is 0 Å². The van der Waals surface area contributed by atoms with Crippen molar-refractivity contribution in [2.24, 2.45) is 0 Å². The molecule has 0 aromatic carbocycles. The van der Waals surface area contributed by atoms with Gasteiger partial charge in [-0.1, -0.05) is 6.92 Å². The molecule has 1 N–H and O–H groups in total. The Morgan fingerprint density at radius 1 is 1.60 bits per heavy atom. The minimum Gasteiger partial charge on any atom is -0.480 e. The van der Waals surface area contributed by atoms with E-state index in [4.69, 9.17) is 9.84 Å². The van der Waals surface area contributed by atoms with E-state index in [1.165, 1.54) is 0 Å². The van der Waals surface area contributed by atoms with Crippen LogP contribution in [0, 0.1) is 0 Å². The van der Waals surface area contributed by atoms with Gasteiger partial charge in [0.1, 0.15) is 0 Å². The van der Waals surface area contributed by atoms with Gasteiger partial charge in [0.05, 0.1) is 18.2 Å². The average Bonchev–Trinajstić information content (AvgIpc) is 2.43. The van der Waals surface area contributed by atoms with E-state index in [1.54, 1.807) is 0 Å². The summed E-state index contributed by atoms with van der Waals surface area (Å²) in [5.41, 5.74) is -0.0344. The lowest BCUT2D eigenvalue weighted by molar-refractivity contribution is -0.138. The Morgan fingerprint density at radius 3 is 2.67 bits per heavy atom. The van der Waals surface area contributed by atoms with Crippen molar-refractivity contribution in [3.8, 4) is 0 Å². The van der Waals surface area contributed by atoms with Crippen molar-refractivity contribution >= 4 is 5.97 Å². The summed E-state index contributed by atoms with van der Waals surface area (Å²) in [6.45, 7) is 7.74. The number of hydrogen-bond acceptors (Lipinski definition) is 3. The first-order chi connectivity index (χ1) is 6.93. The number of hydrogen-bond donors (Lipinski definition) is 1. The van der Waals surface area contributed by atoms with Crippen LogP contribution in [-0.2, 0) is 9.53 Å². The Kier molecular flexibility index (Phi) is 4.11. The number of carbonyl (C=O) groups is 1. The highest BCUT2D eigenvalue weighted by Gasteiger charge is 2.32. The van der Waals surface area contributed by atoms with Gasteiger partial charge in [-0.2, -0.15) is 0 Å². The smallest absolute Gasteiger partial charge is 0.317 e. The van der Waals surface area contributed by atoms with E-state index >= 15 is 0 Å². The van der Waals surface area contributed by atoms with E-state index in [1.807, 2.05) is 11.8 Å². The van der Waals surface area contributed by atoms with E-state index in [0.29, 0.717) is 0 Å². The number of rotatable bonds is 5. The van der Waals surface area contributed by atoms with Gasteiger partial charge in [0, 0.05) is 6.54 Å². The van der Waals surface area contributed by atoms with Gasteiger partial charge in [0.15, 0.2) is 0 Å². The Bertz CT molecular complexity index is 228. The molecule has 1 unspecified atom stereocenters. The predicted molar refractivity (Wildman–Crippen MR) is 57.9 cm³/mol. The van der Waals surface area contributed by atoms with Crippen molar-refractivity contribution in [2.75, 3.05) is 19.6 Å². The van der Waals surface area contributed by atoms with E-state index in [9.17, 15) is 4.79 Å². The summed E-state index contributed by atoms with van der Waals surface area (Å²) in [5, 5.41) is 8.71. The van der Waals surface area contributed by atoms with E-state index in [2.05, 4.69) is 13.8 Å². The molecule has 1 atom stereocenters. The molecule has 1 fully saturated rings. The van der Waals surface area contributed by atoms with Crippen LogP contribution in [0.3, 0.4) is 0 Å². The van der Waals surface area contributed by atoms with Crippen LogP contribution in [0.25, 0.3) is 0 Å². The monoisotopic (exact) mass is 215 g/mol. The highest BCUT2D eigenvalue weighted by atomic mass is 16.5. The molecule has 4 nitrogen and oxygen atoms in total. The van der Waals surface area contributed by atoms with Crippen LogP contribution in [-0.4, -0.2) is 47.3 Å². The number of aliphatic carboxylic acids is 1. The second-order valence-electron chi connectivity index (χ2n) is 4.76. The number of likely N-dealkylation sites (N-methyl/N-ethyl adjacent to an activating group) is 1. The maximum atomic E-state index is 10.6. The number of nitrogens with zero attached hydrogens (tertiary/aromatic N) is 1. The Balaban J connectivity index is 2.36.